The van der Waals surface area contributed by atoms with Gasteiger partial charge in [0.15, 0.2) is 17.6 Å². The smallest absolute Gasteiger partial charge is 0.184 e. The average Bonchev–Trinajstić information content (AvgIpc) is 4.07. The van der Waals surface area contributed by atoms with Crippen molar-refractivity contribution in [3.8, 4) is 22.5 Å². The van der Waals surface area contributed by atoms with Crippen LogP contribution in [0, 0.1) is 0 Å². The number of aliphatic hydroxyl groups is 2. The Bertz CT molecular complexity index is 2780. The summed E-state index contributed by atoms with van der Waals surface area (Å²) in [7, 11) is 0. The lowest BCUT2D eigenvalue weighted by atomic mass is 10.1. The van der Waals surface area contributed by atoms with Gasteiger partial charge in [-0.15, -0.1) is 0 Å². The third-order valence-electron chi connectivity index (χ3n) is 9.69. The predicted molar refractivity (Wildman–Crippen MR) is 248 cm³/mol. The van der Waals surface area contributed by atoms with Gasteiger partial charge in [-0.1, -0.05) is 108 Å². The van der Waals surface area contributed by atoms with Gasteiger partial charge in [0.2, 0.25) is 0 Å². The molecule has 8 aromatic rings. The summed E-state index contributed by atoms with van der Waals surface area (Å²) in [6, 6.07) is 39.5. The van der Waals surface area contributed by atoms with Crippen molar-refractivity contribution in [1.29, 1.82) is 0 Å². The third kappa shape index (κ3) is 11.1. The molecule has 5 heterocycles. The zero-order valence-electron chi connectivity index (χ0n) is 35.3. The summed E-state index contributed by atoms with van der Waals surface area (Å²) >= 11 is 3.14. The standard InChI is InChI=1S/C25H26N4O3S.C23H22N4O2S/c1-25(2,30)16-27-20-14-22(33-19-6-4-3-5-7-19)28-29-21(15-26-23(20)29)17-8-10-18(11-9-17)24-31-12-13-32-24;1-23(2,29)15-25-19-12-21(30-18-6-4-3-5-7-18)26-27-20(13-24-22(19)27)17-10-8-16(14-28)9-11-17/h3-11,14-15,24,27,30H,12-13,16H2,1-2H3;3-14,25,29H,15H2,1-2H3. The molecule has 1 aliphatic heterocycles. The zero-order chi connectivity index (χ0) is 44.0. The highest BCUT2D eigenvalue weighted by molar-refractivity contribution is 7.99. The normalized spacial score (nSPS) is 13.2. The van der Waals surface area contributed by atoms with Crippen LogP contribution in [0.2, 0.25) is 0 Å². The van der Waals surface area contributed by atoms with Gasteiger partial charge in [-0.25, -0.2) is 19.0 Å². The molecule has 0 atom stereocenters. The molecule has 9 rings (SSSR count). The van der Waals surface area contributed by atoms with Gasteiger partial charge in [0.25, 0.3) is 0 Å². The van der Waals surface area contributed by atoms with Crippen LogP contribution in [0.25, 0.3) is 33.8 Å². The molecule has 13 nitrogen and oxygen atoms in total. The molecule has 0 saturated carbocycles. The molecule has 0 aliphatic carbocycles. The lowest BCUT2D eigenvalue weighted by molar-refractivity contribution is -0.0441. The molecule has 63 heavy (non-hydrogen) atoms. The molecule has 4 aromatic heterocycles. The number of rotatable bonds is 14. The van der Waals surface area contributed by atoms with Gasteiger partial charge in [-0.2, -0.15) is 10.2 Å². The van der Waals surface area contributed by atoms with E-state index >= 15 is 0 Å². The summed E-state index contributed by atoms with van der Waals surface area (Å²) in [4.78, 5) is 22.4. The molecule has 1 aliphatic rings. The molecule has 15 heteroatoms. The maximum Gasteiger partial charge on any atom is 0.184 e. The first-order valence-electron chi connectivity index (χ1n) is 20.4. The van der Waals surface area contributed by atoms with Crippen LogP contribution in [0.1, 0.15) is 49.9 Å². The fourth-order valence-electron chi connectivity index (χ4n) is 6.58. The van der Waals surface area contributed by atoms with Gasteiger partial charge in [0, 0.05) is 45.1 Å². The first kappa shape index (κ1) is 43.6. The van der Waals surface area contributed by atoms with E-state index in [0.29, 0.717) is 43.2 Å². The van der Waals surface area contributed by atoms with Crippen LogP contribution in [-0.2, 0) is 9.47 Å². The van der Waals surface area contributed by atoms with E-state index in [1.807, 2.05) is 108 Å². The van der Waals surface area contributed by atoms with Gasteiger partial charge in [0.05, 0.1) is 59.6 Å². The second-order valence-corrected chi connectivity index (χ2v) is 18.3. The number of nitrogens with zero attached hydrogens (tertiary/aromatic N) is 6. The van der Waals surface area contributed by atoms with E-state index in [4.69, 9.17) is 19.7 Å². The molecule has 0 radical (unpaired) electrons. The van der Waals surface area contributed by atoms with Crippen LogP contribution in [-0.4, -0.2) is 83.2 Å². The Hall–Kier alpha value is -6.07. The number of benzene rings is 4. The number of hydrogen-bond acceptors (Lipinski definition) is 13. The van der Waals surface area contributed by atoms with Crippen molar-refractivity contribution >= 4 is 52.5 Å². The van der Waals surface area contributed by atoms with Gasteiger partial charge >= 0.3 is 0 Å². The Morgan fingerprint density at radius 3 is 1.49 bits per heavy atom. The van der Waals surface area contributed by atoms with Crippen LogP contribution in [0.4, 0.5) is 11.4 Å². The van der Waals surface area contributed by atoms with Crippen molar-refractivity contribution in [2.75, 3.05) is 36.9 Å². The number of carbonyl (C=O) groups is 1. The molecule has 322 valence electrons. The molecular weight excluding hydrogens is 833 g/mol. The highest BCUT2D eigenvalue weighted by Crippen LogP contribution is 2.34. The second kappa shape index (κ2) is 19.1. The fourth-order valence-corrected chi connectivity index (χ4v) is 8.25. The summed E-state index contributed by atoms with van der Waals surface area (Å²) in [5.74, 6) is 0. The predicted octanol–water partition coefficient (Wildman–Crippen LogP) is 9.32. The van der Waals surface area contributed by atoms with E-state index in [1.165, 1.54) is 0 Å². The van der Waals surface area contributed by atoms with Crippen LogP contribution < -0.4 is 10.6 Å². The molecule has 4 aromatic carbocycles. The van der Waals surface area contributed by atoms with Gasteiger partial charge in [-0.3, -0.25) is 4.79 Å². The van der Waals surface area contributed by atoms with Crippen molar-refractivity contribution < 1.29 is 24.5 Å². The number of nitrogens with one attached hydrogen (secondary N) is 2. The minimum absolute atomic E-state index is 0.300. The van der Waals surface area contributed by atoms with Gasteiger partial charge in [0.1, 0.15) is 16.3 Å². The number of anilines is 2. The van der Waals surface area contributed by atoms with E-state index in [2.05, 4.69) is 32.7 Å². The molecule has 0 spiro atoms. The van der Waals surface area contributed by atoms with Crippen molar-refractivity contribution in [1.82, 2.24) is 29.2 Å². The van der Waals surface area contributed by atoms with Gasteiger partial charge < -0.3 is 30.3 Å². The van der Waals surface area contributed by atoms with Crippen molar-refractivity contribution in [3.63, 3.8) is 0 Å². The Morgan fingerprint density at radius 2 is 1.08 bits per heavy atom. The Labute approximate surface area is 373 Å². The van der Waals surface area contributed by atoms with E-state index in [0.717, 1.165) is 65.6 Å². The number of hydrogen-bond donors (Lipinski definition) is 4. The second-order valence-electron chi connectivity index (χ2n) is 16.1. The van der Waals surface area contributed by atoms with Crippen molar-refractivity contribution in [3.05, 3.63) is 145 Å². The van der Waals surface area contributed by atoms with Crippen LogP contribution in [0.15, 0.2) is 154 Å². The Morgan fingerprint density at radius 1 is 0.651 bits per heavy atom. The summed E-state index contributed by atoms with van der Waals surface area (Å²) in [6.07, 6.45) is 4.12. The maximum absolute atomic E-state index is 11.0. The maximum atomic E-state index is 11.0. The molecule has 0 unspecified atom stereocenters. The van der Waals surface area contributed by atoms with Gasteiger partial charge in [-0.05, 0) is 64.1 Å². The van der Waals surface area contributed by atoms with Crippen LogP contribution in [0.5, 0.6) is 0 Å². The molecule has 4 N–H and O–H groups in total. The Balaban J connectivity index is 0.000000174. The lowest BCUT2D eigenvalue weighted by Crippen LogP contribution is -2.29. The number of ether oxygens (including phenoxy) is 2. The van der Waals surface area contributed by atoms with E-state index in [9.17, 15) is 15.0 Å². The van der Waals surface area contributed by atoms with E-state index in [-0.39, 0.29) is 6.29 Å². The number of fused-ring (bicyclic) bond motifs is 2. The Kier molecular flexibility index (Phi) is 13.2. The molecule has 1 fully saturated rings. The zero-order valence-corrected chi connectivity index (χ0v) is 36.9. The summed E-state index contributed by atoms with van der Waals surface area (Å²) < 4.78 is 14.9. The average molecular weight is 881 g/mol. The van der Waals surface area contributed by atoms with Crippen LogP contribution in [0.3, 0.4) is 0 Å². The number of carbonyl (C=O) groups excluding carboxylic acids is 1. The highest BCUT2D eigenvalue weighted by atomic mass is 32.2. The SMILES string of the molecule is CC(C)(O)CNc1cc(Sc2ccccc2)nn2c(-c3ccc(C4OCCO4)cc3)cnc12.CC(C)(O)CNc1cc(Sc2ccccc2)nn2c(-c3ccc(C=O)cc3)cnc12. The summed E-state index contributed by atoms with van der Waals surface area (Å²) in [5.41, 5.74) is 6.49. The first-order valence-corrected chi connectivity index (χ1v) is 22.1. The monoisotopic (exact) mass is 880 g/mol. The third-order valence-corrected chi connectivity index (χ3v) is 11.5. The fraction of sp³-hybridized carbons (Fsp3) is 0.229. The molecule has 0 bridgehead atoms. The summed E-state index contributed by atoms with van der Waals surface area (Å²) in [5, 5.41) is 38.3. The van der Waals surface area contributed by atoms with E-state index < -0.39 is 11.2 Å². The number of aromatic nitrogens is 6. The highest BCUT2D eigenvalue weighted by Gasteiger charge is 2.21. The molecule has 1 saturated heterocycles. The topological polar surface area (TPSA) is 160 Å². The summed E-state index contributed by atoms with van der Waals surface area (Å²) in [6.45, 7) is 9.05. The van der Waals surface area contributed by atoms with Crippen molar-refractivity contribution in [2.24, 2.45) is 0 Å². The molecule has 0 amide bonds. The first-order chi connectivity index (χ1) is 30.4. The lowest BCUT2D eigenvalue weighted by Gasteiger charge is -2.19. The number of imidazole rings is 2. The minimum atomic E-state index is -0.868. The number of aldehydes is 1. The van der Waals surface area contributed by atoms with Crippen LogP contribution >= 0.6 is 23.5 Å². The molecular formula is C48H48N8O5S2. The quantitative estimate of drug-likeness (QED) is 0.0766. The van der Waals surface area contributed by atoms with Crippen molar-refractivity contribution in [2.45, 2.75) is 65.0 Å². The largest absolute Gasteiger partial charge is 0.389 e. The minimum Gasteiger partial charge on any atom is -0.389 e. The van der Waals surface area contributed by atoms with E-state index in [1.54, 1.807) is 74.1 Å².